The quantitative estimate of drug-likeness (QED) is 0.396. The Labute approximate surface area is 196 Å². The Hall–Kier alpha value is -2.68. The molecule has 1 heterocycles. The largest absolute Gasteiger partial charge is 0.462 e. The van der Waals surface area contributed by atoms with Crippen molar-refractivity contribution in [3.8, 4) is 11.1 Å². The first-order valence-corrected chi connectivity index (χ1v) is 11.2. The van der Waals surface area contributed by atoms with Gasteiger partial charge in [-0.05, 0) is 48.9 Å². The third-order valence-electron chi connectivity index (χ3n) is 4.09. The van der Waals surface area contributed by atoms with Crippen molar-refractivity contribution >= 4 is 61.7 Å². The van der Waals surface area contributed by atoms with Crippen LogP contribution in [-0.2, 0) is 14.3 Å². The molecule has 3 aromatic rings. The first kappa shape index (κ1) is 23.0. The maximum atomic E-state index is 12.6. The topological polar surface area (TPSA) is 81.7 Å². The zero-order chi connectivity index (χ0) is 22.4. The zero-order valence-corrected chi connectivity index (χ0v) is 19.5. The number of ether oxygens (including phenoxy) is 2. The molecule has 31 heavy (non-hydrogen) atoms. The molecular formula is C22H17BrClNO5S. The molecular weight excluding hydrogens is 506 g/mol. The van der Waals surface area contributed by atoms with Gasteiger partial charge in [-0.3, -0.25) is 4.79 Å². The molecule has 0 saturated carbocycles. The number of hydrogen-bond acceptors (Lipinski definition) is 6. The third kappa shape index (κ3) is 5.94. The summed E-state index contributed by atoms with van der Waals surface area (Å²) in [4.78, 5) is 37.0. The number of carbonyl (C=O) groups is 3. The van der Waals surface area contributed by atoms with Crippen LogP contribution < -0.4 is 5.32 Å². The van der Waals surface area contributed by atoms with Crippen LogP contribution in [0, 0.1) is 0 Å². The van der Waals surface area contributed by atoms with Gasteiger partial charge in [-0.25, -0.2) is 9.59 Å². The van der Waals surface area contributed by atoms with Gasteiger partial charge in [-0.2, -0.15) is 0 Å². The Morgan fingerprint density at radius 1 is 1.00 bits per heavy atom. The van der Waals surface area contributed by atoms with Crippen molar-refractivity contribution in [2.45, 2.75) is 6.92 Å². The first-order valence-electron chi connectivity index (χ1n) is 9.16. The Kier molecular flexibility index (Phi) is 7.84. The van der Waals surface area contributed by atoms with Gasteiger partial charge in [0.25, 0.3) is 5.91 Å². The number of esters is 2. The molecule has 0 aliphatic rings. The number of thiophene rings is 1. The van der Waals surface area contributed by atoms with Gasteiger partial charge in [0.15, 0.2) is 6.61 Å². The summed E-state index contributed by atoms with van der Waals surface area (Å²) < 4.78 is 11.0. The monoisotopic (exact) mass is 521 g/mol. The van der Waals surface area contributed by atoms with Crippen LogP contribution in [0.2, 0.25) is 5.02 Å². The number of anilines is 1. The van der Waals surface area contributed by atoms with Crippen molar-refractivity contribution in [3.63, 3.8) is 0 Å². The molecule has 0 bridgehead atoms. The van der Waals surface area contributed by atoms with Gasteiger partial charge in [-0.1, -0.05) is 39.7 Å². The summed E-state index contributed by atoms with van der Waals surface area (Å²) >= 11 is 10.4. The standard InChI is InChI=1S/C22H17BrClNO5S/c1-2-29-22(28)19-17(13-5-9-16(24)10-6-13)12-31-20(19)25-18(26)11-30-21(27)14-3-7-15(23)8-4-14/h3-10,12H,2,11H2,1H3,(H,25,26). The summed E-state index contributed by atoms with van der Waals surface area (Å²) in [5.74, 6) is -1.75. The van der Waals surface area contributed by atoms with Crippen LogP contribution in [0.3, 0.4) is 0 Å². The fraction of sp³-hybridized carbons (Fsp3) is 0.136. The Morgan fingerprint density at radius 3 is 2.32 bits per heavy atom. The van der Waals surface area contributed by atoms with E-state index < -0.39 is 24.5 Å². The average Bonchev–Trinajstić information content (AvgIpc) is 3.16. The van der Waals surface area contributed by atoms with Gasteiger partial charge in [0.1, 0.15) is 10.6 Å². The van der Waals surface area contributed by atoms with Crippen LogP contribution in [0.25, 0.3) is 11.1 Å². The lowest BCUT2D eigenvalue weighted by Gasteiger charge is -2.09. The molecule has 3 rings (SSSR count). The molecule has 9 heteroatoms. The van der Waals surface area contributed by atoms with E-state index in [1.165, 1.54) is 11.3 Å². The number of carbonyl (C=O) groups excluding carboxylic acids is 3. The molecule has 1 amide bonds. The molecule has 0 fully saturated rings. The van der Waals surface area contributed by atoms with E-state index in [-0.39, 0.29) is 12.2 Å². The van der Waals surface area contributed by atoms with Crippen LogP contribution in [0.5, 0.6) is 0 Å². The molecule has 0 atom stereocenters. The maximum absolute atomic E-state index is 12.6. The highest BCUT2D eigenvalue weighted by molar-refractivity contribution is 9.10. The van der Waals surface area contributed by atoms with Crippen molar-refractivity contribution in [2.75, 3.05) is 18.5 Å². The fourth-order valence-corrected chi connectivity index (χ4v) is 4.02. The summed E-state index contributed by atoms with van der Waals surface area (Å²) in [6.07, 6.45) is 0. The van der Waals surface area contributed by atoms with E-state index in [9.17, 15) is 14.4 Å². The minimum atomic E-state index is -0.624. The third-order valence-corrected chi connectivity index (χ3v) is 5.77. The molecule has 0 saturated heterocycles. The summed E-state index contributed by atoms with van der Waals surface area (Å²) in [6, 6.07) is 13.5. The van der Waals surface area contributed by atoms with Crippen molar-refractivity contribution < 1.29 is 23.9 Å². The highest BCUT2D eigenvalue weighted by atomic mass is 79.9. The Morgan fingerprint density at radius 2 is 1.68 bits per heavy atom. The first-order chi connectivity index (χ1) is 14.9. The summed E-state index contributed by atoms with van der Waals surface area (Å²) in [7, 11) is 0. The van der Waals surface area contributed by atoms with Crippen molar-refractivity contribution in [3.05, 3.63) is 74.5 Å². The van der Waals surface area contributed by atoms with Crippen molar-refractivity contribution in [1.82, 2.24) is 0 Å². The molecule has 0 unspecified atom stereocenters. The fourth-order valence-electron chi connectivity index (χ4n) is 2.66. The van der Waals surface area contributed by atoms with Crippen LogP contribution >= 0.6 is 38.9 Å². The van der Waals surface area contributed by atoms with E-state index in [1.54, 1.807) is 60.8 Å². The zero-order valence-electron chi connectivity index (χ0n) is 16.3. The van der Waals surface area contributed by atoms with Crippen LogP contribution in [0.1, 0.15) is 27.6 Å². The lowest BCUT2D eigenvalue weighted by atomic mass is 10.0. The normalized spacial score (nSPS) is 10.4. The van der Waals surface area contributed by atoms with E-state index in [2.05, 4.69) is 21.2 Å². The van der Waals surface area contributed by atoms with E-state index in [0.717, 1.165) is 10.0 Å². The second kappa shape index (κ2) is 10.6. The predicted octanol–water partition coefficient (Wildman–Crippen LogP) is 5.80. The highest BCUT2D eigenvalue weighted by Crippen LogP contribution is 2.36. The molecule has 2 aromatic carbocycles. The second-order valence-corrected chi connectivity index (χ2v) is 8.44. The highest BCUT2D eigenvalue weighted by Gasteiger charge is 2.23. The van der Waals surface area contributed by atoms with Crippen LogP contribution in [-0.4, -0.2) is 31.1 Å². The Bertz CT molecular complexity index is 1100. The van der Waals surface area contributed by atoms with Gasteiger partial charge >= 0.3 is 11.9 Å². The van der Waals surface area contributed by atoms with Gasteiger partial charge in [-0.15, -0.1) is 11.3 Å². The minimum absolute atomic E-state index is 0.187. The second-order valence-electron chi connectivity index (χ2n) is 6.21. The minimum Gasteiger partial charge on any atom is -0.462 e. The predicted molar refractivity (Wildman–Crippen MR) is 124 cm³/mol. The van der Waals surface area contributed by atoms with Crippen molar-refractivity contribution in [2.24, 2.45) is 0 Å². The Balaban J connectivity index is 1.74. The average molecular weight is 523 g/mol. The van der Waals surface area contributed by atoms with E-state index in [4.69, 9.17) is 21.1 Å². The van der Waals surface area contributed by atoms with E-state index >= 15 is 0 Å². The maximum Gasteiger partial charge on any atom is 0.341 e. The number of amides is 1. The number of nitrogens with one attached hydrogen (secondary N) is 1. The molecule has 160 valence electrons. The van der Waals surface area contributed by atoms with Gasteiger partial charge in [0.05, 0.1) is 12.2 Å². The number of hydrogen-bond donors (Lipinski definition) is 1. The summed E-state index contributed by atoms with van der Waals surface area (Å²) in [5, 5.41) is 5.26. The molecule has 1 aromatic heterocycles. The molecule has 0 aliphatic carbocycles. The molecule has 0 aliphatic heterocycles. The van der Waals surface area contributed by atoms with Gasteiger partial charge in [0.2, 0.25) is 0 Å². The number of benzene rings is 2. The lowest BCUT2D eigenvalue weighted by molar-refractivity contribution is -0.119. The summed E-state index contributed by atoms with van der Waals surface area (Å²) in [6.45, 7) is 1.39. The number of rotatable bonds is 7. The SMILES string of the molecule is CCOC(=O)c1c(-c2ccc(Cl)cc2)csc1NC(=O)COC(=O)c1ccc(Br)cc1. The van der Waals surface area contributed by atoms with Crippen LogP contribution in [0.15, 0.2) is 58.4 Å². The molecule has 0 spiro atoms. The lowest BCUT2D eigenvalue weighted by Crippen LogP contribution is -2.21. The van der Waals surface area contributed by atoms with Gasteiger partial charge in [0, 0.05) is 20.4 Å². The molecule has 6 nitrogen and oxygen atoms in total. The van der Waals surface area contributed by atoms with Crippen LogP contribution in [0.4, 0.5) is 5.00 Å². The summed E-state index contributed by atoms with van der Waals surface area (Å²) in [5.41, 5.74) is 1.93. The smallest absolute Gasteiger partial charge is 0.341 e. The molecule has 1 N–H and O–H groups in total. The number of halogens is 2. The van der Waals surface area contributed by atoms with E-state index in [0.29, 0.717) is 21.2 Å². The van der Waals surface area contributed by atoms with E-state index in [1.807, 2.05) is 0 Å². The molecule has 0 radical (unpaired) electrons. The van der Waals surface area contributed by atoms with Gasteiger partial charge < -0.3 is 14.8 Å². The van der Waals surface area contributed by atoms with Crippen molar-refractivity contribution in [1.29, 1.82) is 0 Å².